The van der Waals surface area contributed by atoms with Crippen molar-refractivity contribution in [3.05, 3.63) is 47.7 Å². The van der Waals surface area contributed by atoms with Crippen LogP contribution >= 0.6 is 0 Å². The third-order valence-corrected chi connectivity index (χ3v) is 3.34. The molecule has 0 atom stereocenters. The number of nitrogens with zero attached hydrogens (tertiary/aromatic N) is 5. The Morgan fingerprint density at radius 3 is 2.50 bits per heavy atom. The maximum absolute atomic E-state index is 13.1. The minimum absolute atomic E-state index is 0.0657. The Labute approximate surface area is 160 Å². The number of amides is 1. The highest BCUT2D eigenvalue weighted by molar-refractivity contribution is 5.79. The van der Waals surface area contributed by atoms with E-state index in [4.69, 9.17) is 5.26 Å². The first-order valence-electron chi connectivity index (χ1n) is 8.31. The zero-order valence-corrected chi connectivity index (χ0v) is 15.6. The lowest BCUT2D eigenvalue weighted by Crippen LogP contribution is -2.47. The first kappa shape index (κ1) is 21.1. The summed E-state index contributed by atoms with van der Waals surface area (Å²) in [6.07, 6.45) is -3.28. The number of carbonyl (C=O) groups excluding carboxylic acids is 1. The Hall–Kier alpha value is -3.22. The van der Waals surface area contributed by atoms with E-state index in [9.17, 15) is 18.0 Å². The molecule has 0 aliphatic carbocycles. The van der Waals surface area contributed by atoms with Crippen molar-refractivity contribution in [3.63, 3.8) is 0 Å². The second-order valence-corrected chi connectivity index (χ2v) is 7.22. The molecule has 0 aliphatic heterocycles. The van der Waals surface area contributed by atoms with E-state index in [2.05, 4.69) is 20.4 Å². The summed E-state index contributed by atoms with van der Waals surface area (Å²) in [5, 5.41) is 10.2. The molecule has 0 bridgehead atoms. The number of hydrogen-bond donors (Lipinski definition) is 1. The second kappa shape index (κ2) is 8.21. The summed E-state index contributed by atoms with van der Waals surface area (Å²) in [6.45, 7) is 5.70. The Morgan fingerprint density at radius 2 is 1.96 bits per heavy atom. The van der Waals surface area contributed by atoms with E-state index in [1.807, 2.05) is 20.8 Å². The fourth-order valence-electron chi connectivity index (χ4n) is 2.28. The minimum atomic E-state index is -4.76. The van der Waals surface area contributed by atoms with Crippen LogP contribution in [0.4, 0.5) is 19.0 Å². The van der Waals surface area contributed by atoms with Crippen LogP contribution < -0.4 is 10.4 Å². The number of aromatic nitrogens is 3. The van der Waals surface area contributed by atoms with Crippen LogP contribution in [-0.4, -0.2) is 27.4 Å². The molecule has 7 nitrogen and oxygen atoms in total. The lowest BCUT2D eigenvalue weighted by Gasteiger charge is -2.31. The van der Waals surface area contributed by atoms with Crippen LogP contribution in [-0.2, 0) is 17.4 Å². The van der Waals surface area contributed by atoms with E-state index in [0.717, 1.165) is 0 Å². The van der Waals surface area contributed by atoms with Gasteiger partial charge in [-0.3, -0.25) is 20.2 Å². The number of nitriles is 1. The number of hydrazine groups is 1. The molecular formula is C18H19F3N6O. The van der Waals surface area contributed by atoms with Crippen LogP contribution in [0, 0.1) is 16.7 Å². The normalized spacial score (nSPS) is 11.6. The van der Waals surface area contributed by atoms with Crippen molar-refractivity contribution in [1.29, 1.82) is 5.26 Å². The molecule has 2 aromatic heterocycles. The molecule has 2 heterocycles. The van der Waals surface area contributed by atoms with Crippen molar-refractivity contribution in [2.75, 3.05) is 11.6 Å². The smallest absolute Gasteiger partial charge is 0.273 e. The van der Waals surface area contributed by atoms with Crippen molar-refractivity contribution < 1.29 is 18.0 Å². The van der Waals surface area contributed by atoms with Gasteiger partial charge in [-0.1, -0.05) is 26.8 Å². The molecule has 0 fully saturated rings. The lowest BCUT2D eigenvalue weighted by atomic mass is 9.96. The second-order valence-electron chi connectivity index (χ2n) is 7.22. The Morgan fingerprint density at radius 1 is 1.25 bits per heavy atom. The van der Waals surface area contributed by atoms with Gasteiger partial charge in [-0.05, 0) is 17.5 Å². The van der Waals surface area contributed by atoms with Crippen LogP contribution in [0.15, 0.2) is 30.5 Å². The lowest BCUT2D eigenvalue weighted by molar-refractivity contribution is -0.141. The summed E-state index contributed by atoms with van der Waals surface area (Å²) < 4.78 is 39.4. The third-order valence-electron chi connectivity index (χ3n) is 3.34. The molecule has 0 spiro atoms. The van der Waals surface area contributed by atoms with Crippen LogP contribution in [0.5, 0.6) is 0 Å². The number of rotatable bonds is 5. The SMILES string of the molecule is CC(C)(C)CN(NC(=O)Cc1ccccn1)c1cc(C(F)(F)F)nc(C#N)n1. The molecule has 0 saturated carbocycles. The molecular weight excluding hydrogens is 373 g/mol. The van der Waals surface area contributed by atoms with Crippen molar-refractivity contribution in [3.8, 4) is 6.07 Å². The average Bonchev–Trinajstić information content (AvgIpc) is 2.59. The van der Waals surface area contributed by atoms with Crippen LogP contribution in [0.3, 0.4) is 0 Å². The van der Waals surface area contributed by atoms with E-state index >= 15 is 0 Å². The molecule has 1 amide bonds. The van der Waals surface area contributed by atoms with Gasteiger partial charge in [-0.25, -0.2) is 4.98 Å². The largest absolute Gasteiger partial charge is 0.433 e. The topological polar surface area (TPSA) is 94.8 Å². The van der Waals surface area contributed by atoms with E-state index in [0.29, 0.717) is 11.8 Å². The van der Waals surface area contributed by atoms with E-state index < -0.39 is 29.0 Å². The summed E-state index contributed by atoms with van der Waals surface area (Å²) in [7, 11) is 0. The van der Waals surface area contributed by atoms with Crippen molar-refractivity contribution >= 4 is 11.7 Å². The summed E-state index contributed by atoms with van der Waals surface area (Å²) in [5.74, 6) is -1.33. The summed E-state index contributed by atoms with van der Waals surface area (Å²) >= 11 is 0. The monoisotopic (exact) mass is 392 g/mol. The van der Waals surface area contributed by atoms with E-state index in [-0.39, 0.29) is 18.8 Å². The molecule has 0 unspecified atom stereocenters. The highest BCUT2D eigenvalue weighted by Crippen LogP contribution is 2.30. The molecule has 0 saturated heterocycles. The number of halogens is 3. The van der Waals surface area contributed by atoms with Crippen LogP contribution in [0.2, 0.25) is 0 Å². The fraction of sp³-hybridized carbons (Fsp3) is 0.389. The number of carbonyl (C=O) groups is 1. The van der Waals surface area contributed by atoms with Crippen molar-refractivity contribution in [2.24, 2.45) is 5.41 Å². The number of pyridine rings is 1. The van der Waals surface area contributed by atoms with Gasteiger partial charge in [0.05, 0.1) is 6.42 Å². The van der Waals surface area contributed by atoms with Crippen LogP contribution in [0.1, 0.15) is 38.0 Å². The molecule has 2 aromatic rings. The summed E-state index contributed by atoms with van der Waals surface area (Å²) in [6, 6.07) is 7.31. The van der Waals surface area contributed by atoms with Gasteiger partial charge in [0.15, 0.2) is 11.5 Å². The van der Waals surface area contributed by atoms with Gasteiger partial charge in [0, 0.05) is 24.5 Å². The summed E-state index contributed by atoms with van der Waals surface area (Å²) in [4.78, 5) is 23.5. The predicted octanol–water partition coefficient (Wildman–Crippen LogP) is 2.89. The Balaban J connectivity index is 2.35. The first-order valence-corrected chi connectivity index (χ1v) is 8.31. The minimum Gasteiger partial charge on any atom is -0.273 e. The third kappa shape index (κ3) is 6.19. The van der Waals surface area contributed by atoms with Gasteiger partial charge in [-0.2, -0.15) is 23.4 Å². The van der Waals surface area contributed by atoms with Gasteiger partial charge in [0.25, 0.3) is 0 Å². The molecule has 0 aromatic carbocycles. The van der Waals surface area contributed by atoms with Crippen molar-refractivity contribution in [1.82, 2.24) is 20.4 Å². The van der Waals surface area contributed by atoms with Crippen LogP contribution in [0.25, 0.3) is 0 Å². The molecule has 2 rings (SSSR count). The quantitative estimate of drug-likeness (QED) is 0.787. The van der Waals surface area contributed by atoms with Gasteiger partial charge in [0.1, 0.15) is 6.07 Å². The standard InChI is InChI=1S/C18H19F3N6O/c1-17(2,3)11-27(26-16(28)8-12-6-4-5-7-23-12)15-9-13(18(19,20)21)24-14(10-22)25-15/h4-7,9H,8,11H2,1-3H3,(H,26,28). The zero-order valence-electron chi connectivity index (χ0n) is 15.6. The number of nitrogens with one attached hydrogen (secondary N) is 1. The van der Waals surface area contributed by atoms with Gasteiger partial charge in [-0.15, -0.1) is 0 Å². The first-order chi connectivity index (χ1) is 13.0. The molecule has 28 heavy (non-hydrogen) atoms. The average molecular weight is 392 g/mol. The number of alkyl halides is 3. The Kier molecular flexibility index (Phi) is 6.18. The van der Waals surface area contributed by atoms with Gasteiger partial charge < -0.3 is 0 Å². The highest BCUT2D eigenvalue weighted by atomic mass is 19.4. The molecule has 0 aliphatic rings. The van der Waals surface area contributed by atoms with E-state index in [1.54, 1.807) is 18.2 Å². The fourth-order valence-corrected chi connectivity index (χ4v) is 2.28. The highest BCUT2D eigenvalue weighted by Gasteiger charge is 2.34. The molecule has 10 heteroatoms. The van der Waals surface area contributed by atoms with Crippen molar-refractivity contribution in [2.45, 2.75) is 33.4 Å². The summed E-state index contributed by atoms with van der Waals surface area (Å²) in [5.41, 5.74) is 1.41. The molecule has 148 valence electrons. The van der Waals surface area contributed by atoms with E-state index in [1.165, 1.54) is 17.3 Å². The molecule has 0 radical (unpaired) electrons. The maximum atomic E-state index is 13.1. The number of anilines is 1. The van der Waals surface area contributed by atoms with Gasteiger partial charge in [0.2, 0.25) is 11.7 Å². The number of hydrogen-bond acceptors (Lipinski definition) is 6. The zero-order chi connectivity index (χ0) is 20.9. The van der Waals surface area contributed by atoms with Gasteiger partial charge >= 0.3 is 6.18 Å². The maximum Gasteiger partial charge on any atom is 0.433 e. The predicted molar refractivity (Wildman–Crippen MR) is 94.6 cm³/mol. The molecule has 1 N–H and O–H groups in total. The Bertz CT molecular complexity index is 872.